The van der Waals surface area contributed by atoms with E-state index in [4.69, 9.17) is 0 Å². The van der Waals surface area contributed by atoms with Crippen LogP contribution in [-0.2, 0) is 19.0 Å². The van der Waals surface area contributed by atoms with Gasteiger partial charge in [0, 0.05) is 26.0 Å². The largest absolute Gasteiger partial charge is 0.360 e. The van der Waals surface area contributed by atoms with E-state index < -0.39 is 0 Å². The Morgan fingerprint density at radius 2 is 2.11 bits per heavy atom. The Labute approximate surface area is 204 Å². The second-order valence-electron chi connectivity index (χ2n) is 10.2. The highest BCUT2D eigenvalue weighted by molar-refractivity contribution is 6.04. The normalized spacial score (nSPS) is 19.7. The van der Waals surface area contributed by atoms with Crippen molar-refractivity contribution in [3.05, 3.63) is 65.8 Å². The fraction of sp³-hybridized carbons (Fsp3) is 0.423. The van der Waals surface area contributed by atoms with E-state index in [0.717, 1.165) is 47.4 Å². The van der Waals surface area contributed by atoms with Gasteiger partial charge in [0.05, 0.1) is 28.3 Å². The Hall–Kier alpha value is -3.59. The minimum absolute atomic E-state index is 0.240. The molecule has 1 aliphatic rings. The van der Waals surface area contributed by atoms with Crippen molar-refractivity contribution < 1.29 is 4.79 Å². The van der Waals surface area contributed by atoms with Crippen LogP contribution < -0.4 is 10.6 Å². The summed E-state index contributed by atoms with van der Waals surface area (Å²) >= 11 is 0. The summed E-state index contributed by atoms with van der Waals surface area (Å²) in [5.41, 5.74) is 4.56. The first-order valence-electron chi connectivity index (χ1n) is 12.1. The van der Waals surface area contributed by atoms with Crippen molar-refractivity contribution in [1.29, 1.82) is 0 Å². The number of carbonyl (C=O) groups is 1. The number of hydrogen-bond donors (Lipinski definition) is 3. The highest BCUT2D eigenvalue weighted by Gasteiger charge is 2.48. The molecule has 1 amide bonds. The van der Waals surface area contributed by atoms with Crippen LogP contribution in [0.3, 0.4) is 0 Å². The van der Waals surface area contributed by atoms with E-state index in [2.05, 4.69) is 56.6 Å². The van der Waals surface area contributed by atoms with Gasteiger partial charge < -0.3 is 20.2 Å². The molecule has 1 fully saturated rings. The zero-order valence-corrected chi connectivity index (χ0v) is 20.7. The molecule has 4 aromatic heterocycles. The number of anilines is 1. The van der Waals surface area contributed by atoms with E-state index in [1.807, 2.05) is 42.2 Å². The van der Waals surface area contributed by atoms with Crippen molar-refractivity contribution in [2.24, 2.45) is 18.9 Å². The van der Waals surface area contributed by atoms with Crippen LogP contribution in [0, 0.1) is 11.8 Å². The van der Waals surface area contributed by atoms with E-state index in [1.165, 1.54) is 0 Å². The molecule has 0 radical (unpaired) electrons. The number of aromatic amines is 1. The third kappa shape index (κ3) is 4.43. The number of H-pyrrole nitrogens is 1. The highest BCUT2D eigenvalue weighted by Crippen LogP contribution is 2.51. The quantitative estimate of drug-likeness (QED) is 0.359. The van der Waals surface area contributed by atoms with Crippen LogP contribution in [0.5, 0.6) is 0 Å². The van der Waals surface area contributed by atoms with Crippen molar-refractivity contribution in [2.75, 3.05) is 11.9 Å². The zero-order chi connectivity index (χ0) is 24.6. The second kappa shape index (κ2) is 9.22. The van der Waals surface area contributed by atoms with E-state index in [1.54, 1.807) is 12.5 Å². The summed E-state index contributed by atoms with van der Waals surface area (Å²) < 4.78 is 1.97. The Kier molecular flexibility index (Phi) is 6.10. The van der Waals surface area contributed by atoms with Gasteiger partial charge in [0.2, 0.25) is 0 Å². The van der Waals surface area contributed by atoms with Crippen molar-refractivity contribution in [3.63, 3.8) is 0 Å². The van der Waals surface area contributed by atoms with Crippen molar-refractivity contribution in [3.8, 4) is 0 Å². The number of nitrogens with zero attached hydrogens (tertiary/aromatic N) is 5. The molecule has 0 bridgehead atoms. The molecule has 3 N–H and O–H groups in total. The number of amides is 1. The average Bonchev–Trinajstić information content (AvgIpc) is 3.45. The van der Waals surface area contributed by atoms with Gasteiger partial charge in [0.1, 0.15) is 17.8 Å². The SMILES string of the molecule is CC(C)CNCc1cc(C(=O)Nc2cncc(C3(c4nncn4C)CC(C)C3)c2)nc2cc[nH]c12. The van der Waals surface area contributed by atoms with E-state index in [0.29, 0.717) is 29.8 Å². The minimum atomic E-state index is -0.258. The maximum Gasteiger partial charge on any atom is 0.274 e. The lowest BCUT2D eigenvalue weighted by atomic mass is 9.59. The molecule has 0 aliphatic heterocycles. The molecule has 5 rings (SSSR count). The maximum absolute atomic E-state index is 13.2. The van der Waals surface area contributed by atoms with Gasteiger partial charge in [-0.05, 0) is 60.5 Å². The molecule has 35 heavy (non-hydrogen) atoms. The first kappa shape index (κ1) is 23.2. The lowest BCUT2D eigenvalue weighted by molar-refractivity contribution is 0.102. The van der Waals surface area contributed by atoms with Gasteiger partial charge >= 0.3 is 0 Å². The van der Waals surface area contributed by atoms with Gasteiger partial charge in [-0.25, -0.2) is 4.98 Å². The number of pyridine rings is 2. The fourth-order valence-electron chi connectivity index (χ4n) is 5.22. The molecule has 1 saturated carbocycles. The summed E-state index contributed by atoms with van der Waals surface area (Å²) in [6, 6.07) is 5.75. The Morgan fingerprint density at radius 3 is 2.83 bits per heavy atom. The van der Waals surface area contributed by atoms with Gasteiger partial charge in [0.25, 0.3) is 5.91 Å². The van der Waals surface area contributed by atoms with Crippen LogP contribution in [-0.4, -0.2) is 42.2 Å². The van der Waals surface area contributed by atoms with Crippen LogP contribution in [0.2, 0.25) is 0 Å². The van der Waals surface area contributed by atoms with Crippen LogP contribution in [0.1, 0.15) is 61.1 Å². The summed E-state index contributed by atoms with van der Waals surface area (Å²) in [7, 11) is 1.97. The summed E-state index contributed by atoms with van der Waals surface area (Å²) in [5.74, 6) is 1.80. The Balaban J connectivity index is 1.40. The summed E-state index contributed by atoms with van der Waals surface area (Å²) in [5, 5.41) is 15.0. The number of aromatic nitrogens is 6. The summed E-state index contributed by atoms with van der Waals surface area (Å²) in [6.07, 6.45) is 9.07. The maximum atomic E-state index is 13.2. The summed E-state index contributed by atoms with van der Waals surface area (Å²) in [6.45, 7) is 8.14. The lowest BCUT2D eigenvalue weighted by Crippen LogP contribution is -2.43. The van der Waals surface area contributed by atoms with Gasteiger partial charge in [0.15, 0.2) is 0 Å². The van der Waals surface area contributed by atoms with Crippen LogP contribution in [0.4, 0.5) is 5.69 Å². The number of rotatable bonds is 8. The first-order valence-corrected chi connectivity index (χ1v) is 12.1. The summed E-state index contributed by atoms with van der Waals surface area (Å²) in [4.78, 5) is 25.5. The Bertz CT molecular complexity index is 1350. The second-order valence-corrected chi connectivity index (χ2v) is 10.2. The van der Waals surface area contributed by atoms with Crippen LogP contribution in [0.25, 0.3) is 11.0 Å². The lowest BCUT2D eigenvalue weighted by Gasteiger charge is -2.45. The van der Waals surface area contributed by atoms with E-state index in [-0.39, 0.29) is 11.3 Å². The smallest absolute Gasteiger partial charge is 0.274 e. The zero-order valence-electron chi connectivity index (χ0n) is 20.7. The Morgan fingerprint density at radius 1 is 1.29 bits per heavy atom. The molecule has 0 saturated heterocycles. The minimum Gasteiger partial charge on any atom is -0.360 e. The first-order chi connectivity index (χ1) is 16.9. The third-order valence-corrected chi connectivity index (χ3v) is 6.78. The molecule has 0 spiro atoms. The predicted octanol–water partition coefficient (Wildman–Crippen LogP) is 3.80. The van der Waals surface area contributed by atoms with E-state index in [9.17, 15) is 4.79 Å². The highest BCUT2D eigenvalue weighted by atomic mass is 16.1. The molecular weight excluding hydrogens is 440 g/mol. The van der Waals surface area contributed by atoms with Gasteiger partial charge in [-0.3, -0.25) is 9.78 Å². The number of aryl methyl sites for hydroxylation is 1. The molecule has 4 heterocycles. The fourth-order valence-corrected chi connectivity index (χ4v) is 5.22. The molecule has 182 valence electrons. The molecule has 0 unspecified atom stereocenters. The topological polar surface area (TPSA) is 113 Å². The van der Waals surface area contributed by atoms with Gasteiger partial charge in [-0.15, -0.1) is 10.2 Å². The standard InChI is InChI=1S/C26H32N8O/c1-16(2)11-27-12-18-7-22(32-21-5-6-29-23(18)21)24(35)31-20-8-19(13-28-14-20)26(9-17(3)10-26)25-33-30-15-34(25)4/h5-8,13-17,27,29H,9-12H2,1-4H3,(H,31,35). The molecule has 4 aromatic rings. The van der Waals surface area contributed by atoms with Crippen molar-refractivity contribution >= 4 is 22.6 Å². The number of carbonyl (C=O) groups excluding carboxylic acids is 1. The number of nitrogens with one attached hydrogen (secondary N) is 3. The van der Waals surface area contributed by atoms with Gasteiger partial charge in [-0.2, -0.15) is 0 Å². The van der Waals surface area contributed by atoms with Gasteiger partial charge in [-0.1, -0.05) is 20.8 Å². The van der Waals surface area contributed by atoms with Crippen LogP contribution in [0.15, 0.2) is 43.1 Å². The molecular formula is C26H32N8O. The monoisotopic (exact) mass is 472 g/mol. The van der Waals surface area contributed by atoms with E-state index >= 15 is 0 Å². The molecule has 1 aliphatic carbocycles. The average molecular weight is 473 g/mol. The molecule has 9 heteroatoms. The third-order valence-electron chi connectivity index (χ3n) is 6.78. The number of fused-ring (bicyclic) bond motifs is 1. The predicted molar refractivity (Wildman–Crippen MR) is 135 cm³/mol. The molecule has 0 aromatic carbocycles. The molecule has 9 nitrogen and oxygen atoms in total. The van der Waals surface area contributed by atoms with Crippen molar-refractivity contribution in [1.82, 2.24) is 35.0 Å². The van der Waals surface area contributed by atoms with Crippen molar-refractivity contribution in [2.45, 2.75) is 45.6 Å². The number of hydrogen-bond acceptors (Lipinski definition) is 6. The molecule has 0 atom stereocenters. The van der Waals surface area contributed by atoms with Crippen LogP contribution >= 0.6 is 0 Å².